The molecule has 5 nitrogen and oxygen atoms in total. The maximum absolute atomic E-state index is 13.3. The molecule has 0 bridgehead atoms. The maximum Gasteiger partial charge on any atom is 0.326 e. The zero-order valence-corrected chi connectivity index (χ0v) is 10.3. The van der Waals surface area contributed by atoms with E-state index in [1.807, 2.05) is 6.92 Å². The van der Waals surface area contributed by atoms with Crippen molar-refractivity contribution in [2.24, 2.45) is 0 Å². The average Bonchev–Trinajstić information content (AvgIpc) is 2.37. The molecule has 0 aliphatic rings. The molecule has 0 spiro atoms. The summed E-state index contributed by atoms with van der Waals surface area (Å²) in [5.74, 6) is -4.97. The number of carbonyl (C=O) groups is 2. The number of nitrogens with zero attached hydrogens (tertiary/aromatic N) is 1. The number of hydrogen-bond acceptors (Lipinski definition) is 3. The molecule has 104 valence electrons. The van der Waals surface area contributed by atoms with Crippen LogP contribution in [0.25, 0.3) is 0 Å². The van der Waals surface area contributed by atoms with E-state index in [1.54, 1.807) is 0 Å². The number of halogens is 2. The molecular formula is C12H14F2N2O3. The van der Waals surface area contributed by atoms with Gasteiger partial charge in [-0.3, -0.25) is 4.79 Å². The molecule has 1 heterocycles. The highest BCUT2D eigenvalue weighted by Gasteiger charge is 2.23. The molecule has 0 saturated heterocycles. The highest BCUT2D eigenvalue weighted by molar-refractivity contribution is 5.96. The molecule has 1 amide bonds. The van der Waals surface area contributed by atoms with Gasteiger partial charge in [-0.2, -0.15) is 4.39 Å². The second-order valence-corrected chi connectivity index (χ2v) is 3.97. The fraction of sp³-hybridized carbons (Fsp3) is 0.417. The molecule has 0 radical (unpaired) electrons. The minimum Gasteiger partial charge on any atom is -0.480 e. The summed E-state index contributed by atoms with van der Waals surface area (Å²) in [6, 6.07) is -0.130. The standard InChI is InChI=1S/C12H14F2N2O3/c1-2-3-4-8(12(18)19)16-11(17)7-5-6-15-10(14)9(7)13/h5-6,8H,2-4H2,1H3,(H,16,17)(H,18,19)/t8-/m0/s1. The largest absolute Gasteiger partial charge is 0.480 e. The van der Waals surface area contributed by atoms with E-state index in [-0.39, 0.29) is 6.42 Å². The van der Waals surface area contributed by atoms with Crippen LogP contribution in [0.15, 0.2) is 12.3 Å². The summed E-state index contributed by atoms with van der Waals surface area (Å²) < 4.78 is 26.2. The minimum absolute atomic E-state index is 0.229. The average molecular weight is 272 g/mol. The van der Waals surface area contributed by atoms with Gasteiger partial charge in [0.05, 0.1) is 5.56 Å². The first-order valence-corrected chi connectivity index (χ1v) is 5.81. The molecule has 0 aliphatic carbocycles. The predicted octanol–water partition coefficient (Wildman–Crippen LogP) is 1.73. The zero-order valence-electron chi connectivity index (χ0n) is 10.3. The highest BCUT2D eigenvalue weighted by atomic mass is 19.2. The number of amides is 1. The topological polar surface area (TPSA) is 79.3 Å². The van der Waals surface area contributed by atoms with Crippen LogP contribution < -0.4 is 5.32 Å². The number of aromatic nitrogens is 1. The zero-order chi connectivity index (χ0) is 14.4. The molecule has 0 fully saturated rings. The second-order valence-electron chi connectivity index (χ2n) is 3.97. The molecule has 0 aliphatic heterocycles. The molecule has 1 atom stereocenters. The third kappa shape index (κ3) is 3.97. The Labute approximate surface area is 108 Å². The third-order valence-electron chi connectivity index (χ3n) is 2.54. The van der Waals surface area contributed by atoms with Crippen molar-refractivity contribution in [1.29, 1.82) is 0 Å². The Kier molecular flexibility index (Phi) is 5.35. The van der Waals surface area contributed by atoms with Crippen LogP contribution in [0.5, 0.6) is 0 Å². The number of rotatable bonds is 6. The van der Waals surface area contributed by atoms with Gasteiger partial charge < -0.3 is 10.4 Å². The first-order chi connectivity index (χ1) is 8.97. The SMILES string of the molecule is CCCC[C@H](NC(=O)c1ccnc(F)c1F)C(=O)O. The molecule has 7 heteroatoms. The lowest BCUT2D eigenvalue weighted by atomic mass is 10.1. The van der Waals surface area contributed by atoms with Crippen molar-refractivity contribution in [3.05, 3.63) is 29.6 Å². The lowest BCUT2D eigenvalue weighted by Gasteiger charge is -2.14. The van der Waals surface area contributed by atoms with Gasteiger partial charge in [0.1, 0.15) is 6.04 Å². The summed E-state index contributed by atoms with van der Waals surface area (Å²) in [5, 5.41) is 11.1. The smallest absolute Gasteiger partial charge is 0.326 e. The maximum atomic E-state index is 13.3. The van der Waals surface area contributed by atoms with E-state index >= 15 is 0 Å². The number of unbranched alkanes of at least 4 members (excludes halogenated alkanes) is 1. The lowest BCUT2D eigenvalue weighted by Crippen LogP contribution is -2.41. The Balaban J connectivity index is 2.82. The molecule has 2 N–H and O–H groups in total. The van der Waals surface area contributed by atoms with Crippen molar-refractivity contribution in [1.82, 2.24) is 10.3 Å². The van der Waals surface area contributed by atoms with Crippen molar-refractivity contribution in [3.63, 3.8) is 0 Å². The summed E-state index contributed by atoms with van der Waals surface area (Å²) in [5.41, 5.74) is -0.560. The molecule has 0 saturated carbocycles. The summed E-state index contributed by atoms with van der Waals surface area (Å²) in [6.45, 7) is 1.87. The molecule has 0 aromatic carbocycles. The lowest BCUT2D eigenvalue weighted by molar-refractivity contribution is -0.139. The second kappa shape index (κ2) is 6.77. The Morgan fingerprint density at radius 2 is 2.16 bits per heavy atom. The summed E-state index contributed by atoms with van der Waals surface area (Å²) in [7, 11) is 0. The molecule has 1 rings (SSSR count). The normalized spacial score (nSPS) is 11.9. The van der Waals surface area contributed by atoms with Gasteiger partial charge >= 0.3 is 5.97 Å². The van der Waals surface area contributed by atoms with Crippen LogP contribution in [0.1, 0.15) is 36.5 Å². The summed E-state index contributed by atoms with van der Waals surface area (Å²) in [4.78, 5) is 25.7. The van der Waals surface area contributed by atoms with Crippen LogP contribution in [0.3, 0.4) is 0 Å². The molecule has 19 heavy (non-hydrogen) atoms. The van der Waals surface area contributed by atoms with E-state index in [0.717, 1.165) is 18.7 Å². The Morgan fingerprint density at radius 3 is 2.74 bits per heavy atom. The van der Waals surface area contributed by atoms with E-state index < -0.39 is 35.2 Å². The van der Waals surface area contributed by atoms with E-state index in [1.165, 1.54) is 0 Å². The molecule has 1 aromatic rings. The van der Waals surface area contributed by atoms with Crippen LogP contribution in [0.4, 0.5) is 8.78 Å². The van der Waals surface area contributed by atoms with Gasteiger partial charge in [-0.15, -0.1) is 0 Å². The Morgan fingerprint density at radius 1 is 1.47 bits per heavy atom. The van der Waals surface area contributed by atoms with Crippen molar-refractivity contribution in [3.8, 4) is 0 Å². The Hall–Kier alpha value is -2.05. The number of pyridine rings is 1. The first kappa shape index (κ1) is 15.0. The number of carbonyl (C=O) groups excluding carboxylic acids is 1. The minimum atomic E-state index is -1.40. The van der Waals surface area contributed by atoms with Crippen LogP contribution in [0.2, 0.25) is 0 Å². The molecular weight excluding hydrogens is 258 g/mol. The predicted molar refractivity (Wildman–Crippen MR) is 62.6 cm³/mol. The van der Waals surface area contributed by atoms with Gasteiger partial charge in [-0.1, -0.05) is 19.8 Å². The van der Waals surface area contributed by atoms with Crippen LogP contribution in [-0.2, 0) is 4.79 Å². The third-order valence-corrected chi connectivity index (χ3v) is 2.54. The number of hydrogen-bond donors (Lipinski definition) is 2. The number of nitrogens with one attached hydrogen (secondary N) is 1. The molecule has 1 aromatic heterocycles. The fourth-order valence-electron chi connectivity index (χ4n) is 1.50. The fourth-order valence-corrected chi connectivity index (χ4v) is 1.50. The number of carboxylic acids is 1. The van der Waals surface area contributed by atoms with Gasteiger partial charge in [0.15, 0.2) is 5.82 Å². The number of carboxylic acid groups (broad SMARTS) is 1. The van der Waals surface area contributed by atoms with E-state index in [9.17, 15) is 18.4 Å². The first-order valence-electron chi connectivity index (χ1n) is 5.81. The summed E-state index contributed by atoms with van der Waals surface area (Å²) in [6.07, 6.45) is 2.53. The monoisotopic (exact) mass is 272 g/mol. The van der Waals surface area contributed by atoms with Crippen molar-refractivity contribution < 1.29 is 23.5 Å². The number of aliphatic carboxylic acids is 1. The van der Waals surface area contributed by atoms with Crippen LogP contribution >= 0.6 is 0 Å². The van der Waals surface area contributed by atoms with Crippen molar-refractivity contribution in [2.75, 3.05) is 0 Å². The van der Waals surface area contributed by atoms with Gasteiger partial charge in [-0.05, 0) is 12.5 Å². The van der Waals surface area contributed by atoms with Gasteiger partial charge in [-0.25, -0.2) is 14.2 Å². The Bertz CT molecular complexity index is 480. The van der Waals surface area contributed by atoms with Gasteiger partial charge in [0.25, 0.3) is 5.91 Å². The molecule has 0 unspecified atom stereocenters. The summed E-state index contributed by atoms with van der Waals surface area (Å²) >= 11 is 0. The van der Waals surface area contributed by atoms with E-state index in [4.69, 9.17) is 5.11 Å². The quantitative estimate of drug-likeness (QED) is 0.773. The van der Waals surface area contributed by atoms with E-state index in [0.29, 0.717) is 6.42 Å². The highest BCUT2D eigenvalue weighted by Crippen LogP contribution is 2.10. The van der Waals surface area contributed by atoms with Gasteiger partial charge in [0, 0.05) is 6.20 Å². The van der Waals surface area contributed by atoms with Crippen molar-refractivity contribution in [2.45, 2.75) is 32.2 Å². The van der Waals surface area contributed by atoms with Gasteiger partial charge in [0.2, 0.25) is 5.95 Å². The van der Waals surface area contributed by atoms with Crippen LogP contribution in [0, 0.1) is 11.8 Å². The van der Waals surface area contributed by atoms with Crippen LogP contribution in [-0.4, -0.2) is 28.0 Å². The van der Waals surface area contributed by atoms with E-state index in [2.05, 4.69) is 10.3 Å². The van der Waals surface area contributed by atoms with Crippen molar-refractivity contribution >= 4 is 11.9 Å².